The molecule has 1 heterocycles. The van der Waals surface area contributed by atoms with Crippen LogP contribution in [-0.2, 0) is 0 Å². The minimum absolute atomic E-state index is 0.0119. The lowest BCUT2D eigenvalue weighted by atomic mass is 10.3. The third kappa shape index (κ3) is 2.45. The Kier molecular flexibility index (Phi) is 3.10. The van der Waals surface area contributed by atoms with E-state index < -0.39 is 5.82 Å². The first-order valence-corrected chi connectivity index (χ1v) is 5.15. The van der Waals surface area contributed by atoms with Crippen molar-refractivity contribution in [2.75, 3.05) is 5.73 Å². The molecule has 2 aromatic rings. The van der Waals surface area contributed by atoms with E-state index in [9.17, 15) is 4.39 Å². The molecule has 0 spiro atoms. The van der Waals surface area contributed by atoms with Crippen molar-refractivity contribution in [3.8, 4) is 11.6 Å². The van der Waals surface area contributed by atoms with Crippen molar-refractivity contribution < 1.29 is 9.13 Å². The van der Waals surface area contributed by atoms with E-state index in [2.05, 4.69) is 9.97 Å². The van der Waals surface area contributed by atoms with Gasteiger partial charge in [-0.3, -0.25) is 0 Å². The Morgan fingerprint density at radius 1 is 1.35 bits per heavy atom. The van der Waals surface area contributed by atoms with E-state index in [0.29, 0.717) is 23.0 Å². The van der Waals surface area contributed by atoms with Crippen LogP contribution in [0.15, 0.2) is 24.5 Å². The maximum Gasteiger partial charge on any atom is 0.227 e. The van der Waals surface area contributed by atoms with Gasteiger partial charge in [0.05, 0.1) is 10.6 Å². The maximum atomic E-state index is 12.9. The Hall–Kier alpha value is -1.88. The molecular formula is C11H9ClFN3O. The lowest BCUT2D eigenvalue weighted by molar-refractivity contribution is 0.456. The second kappa shape index (κ2) is 4.55. The molecule has 0 saturated heterocycles. The average molecular weight is 254 g/mol. The van der Waals surface area contributed by atoms with Crippen LogP contribution < -0.4 is 10.5 Å². The Balaban J connectivity index is 2.31. The molecule has 0 radical (unpaired) electrons. The first kappa shape index (κ1) is 11.6. The minimum Gasteiger partial charge on any atom is -0.439 e. The molecule has 4 nitrogen and oxygen atoms in total. The van der Waals surface area contributed by atoms with Crippen LogP contribution in [0.1, 0.15) is 5.56 Å². The molecule has 17 heavy (non-hydrogen) atoms. The Bertz CT molecular complexity index is 562. The summed E-state index contributed by atoms with van der Waals surface area (Å²) in [5.41, 5.74) is 6.23. The van der Waals surface area contributed by atoms with E-state index in [1.54, 1.807) is 6.92 Å². The molecule has 0 bridgehead atoms. The van der Waals surface area contributed by atoms with Crippen molar-refractivity contribution in [2.24, 2.45) is 0 Å². The molecule has 0 aliphatic heterocycles. The number of anilines is 1. The predicted molar refractivity (Wildman–Crippen MR) is 62.7 cm³/mol. The summed E-state index contributed by atoms with van der Waals surface area (Å²) in [5.74, 6) is 0.541. The van der Waals surface area contributed by atoms with Crippen LogP contribution in [0.2, 0.25) is 5.02 Å². The van der Waals surface area contributed by atoms with Gasteiger partial charge in [0.1, 0.15) is 23.7 Å². The van der Waals surface area contributed by atoms with Crippen molar-refractivity contribution in [1.82, 2.24) is 9.97 Å². The number of hydrogen-bond acceptors (Lipinski definition) is 4. The first-order valence-electron chi connectivity index (χ1n) is 4.78. The predicted octanol–water partition coefficient (Wildman–Crippen LogP) is 2.95. The highest BCUT2D eigenvalue weighted by Crippen LogP contribution is 2.27. The fourth-order valence-electron chi connectivity index (χ4n) is 1.20. The summed E-state index contributed by atoms with van der Waals surface area (Å²) in [4.78, 5) is 7.75. The zero-order chi connectivity index (χ0) is 12.4. The van der Waals surface area contributed by atoms with Crippen LogP contribution in [0.3, 0.4) is 0 Å². The third-order valence-corrected chi connectivity index (χ3v) is 2.47. The molecule has 0 amide bonds. The molecule has 88 valence electrons. The number of aromatic nitrogens is 2. The normalized spacial score (nSPS) is 10.3. The minimum atomic E-state index is -0.502. The van der Waals surface area contributed by atoms with E-state index in [-0.39, 0.29) is 5.02 Å². The van der Waals surface area contributed by atoms with Crippen LogP contribution in [0, 0.1) is 12.7 Å². The highest BCUT2D eigenvalue weighted by Gasteiger charge is 2.08. The molecule has 0 fully saturated rings. The zero-order valence-corrected chi connectivity index (χ0v) is 9.70. The monoisotopic (exact) mass is 253 g/mol. The second-order valence-electron chi connectivity index (χ2n) is 3.37. The molecular weight excluding hydrogens is 245 g/mol. The smallest absolute Gasteiger partial charge is 0.227 e. The van der Waals surface area contributed by atoms with Gasteiger partial charge >= 0.3 is 0 Å². The maximum absolute atomic E-state index is 12.9. The van der Waals surface area contributed by atoms with Crippen molar-refractivity contribution in [3.63, 3.8) is 0 Å². The molecule has 0 aliphatic rings. The number of hydrogen-bond donors (Lipinski definition) is 1. The second-order valence-corrected chi connectivity index (χ2v) is 3.77. The highest BCUT2D eigenvalue weighted by atomic mass is 35.5. The topological polar surface area (TPSA) is 61.0 Å². The molecule has 0 aliphatic carbocycles. The van der Waals surface area contributed by atoms with Crippen LogP contribution in [0.4, 0.5) is 10.2 Å². The molecule has 0 saturated carbocycles. The highest BCUT2D eigenvalue weighted by molar-refractivity contribution is 6.30. The number of ether oxygens (including phenoxy) is 1. The summed E-state index contributed by atoms with van der Waals surface area (Å²) in [6.45, 7) is 1.73. The van der Waals surface area contributed by atoms with Crippen molar-refractivity contribution in [3.05, 3.63) is 40.9 Å². The summed E-state index contributed by atoms with van der Waals surface area (Å²) < 4.78 is 18.4. The summed E-state index contributed by atoms with van der Waals surface area (Å²) in [6, 6.07) is 4.05. The molecule has 1 aromatic heterocycles. The van der Waals surface area contributed by atoms with Gasteiger partial charge in [-0.25, -0.2) is 14.4 Å². The molecule has 2 N–H and O–H groups in total. The summed E-state index contributed by atoms with van der Waals surface area (Å²) >= 11 is 5.64. The Morgan fingerprint density at radius 3 is 2.82 bits per heavy atom. The van der Waals surface area contributed by atoms with Gasteiger partial charge in [0.25, 0.3) is 0 Å². The van der Waals surface area contributed by atoms with Gasteiger partial charge in [0, 0.05) is 6.07 Å². The zero-order valence-electron chi connectivity index (χ0n) is 8.95. The third-order valence-electron chi connectivity index (χ3n) is 2.18. The van der Waals surface area contributed by atoms with E-state index >= 15 is 0 Å². The van der Waals surface area contributed by atoms with Crippen LogP contribution >= 0.6 is 11.6 Å². The number of nitrogens with two attached hydrogens (primary N) is 1. The average Bonchev–Trinajstić information content (AvgIpc) is 2.30. The SMILES string of the molecule is Cc1c(N)ncnc1Oc1ccc(F)c(Cl)c1. The van der Waals surface area contributed by atoms with Gasteiger partial charge in [-0.05, 0) is 19.1 Å². The number of benzene rings is 1. The number of nitrogen functional groups attached to an aromatic ring is 1. The van der Waals surface area contributed by atoms with Gasteiger partial charge in [-0.1, -0.05) is 11.6 Å². The van der Waals surface area contributed by atoms with E-state index in [4.69, 9.17) is 22.1 Å². The molecule has 1 aromatic carbocycles. The van der Waals surface area contributed by atoms with Gasteiger partial charge in [0.2, 0.25) is 5.88 Å². The van der Waals surface area contributed by atoms with E-state index in [1.165, 1.54) is 24.5 Å². The Labute approximate surface area is 102 Å². The molecule has 0 atom stereocenters. The van der Waals surface area contributed by atoms with Gasteiger partial charge < -0.3 is 10.5 Å². The summed E-state index contributed by atoms with van der Waals surface area (Å²) in [5, 5.41) is -0.0119. The van der Waals surface area contributed by atoms with E-state index in [1.807, 2.05) is 0 Å². The van der Waals surface area contributed by atoms with Crippen LogP contribution in [0.5, 0.6) is 11.6 Å². The fourth-order valence-corrected chi connectivity index (χ4v) is 1.37. The number of rotatable bonds is 2. The van der Waals surface area contributed by atoms with Crippen molar-refractivity contribution in [2.45, 2.75) is 6.92 Å². The van der Waals surface area contributed by atoms with E-state index in [0.717, 1.165) is 0 Å². The van der Waals surface area contributed by atoms with Crippen molar-refractivity contribution in [1.29, 1.82) is 0 Å². The summed E-state index contributed by atoms with van der Waals surface area (Å²) in [7, 11) is 0. The Morgan fingerprint density at radius 2 is 2.12 bits per heavy atom. The van der Waals surface area contributed by atoms with Gasteiger partial charge in [-0.2, -0.15) is 0 Å². The molecule has 2 rings (SSSR count). The molecule has 0 unspecified atom stereocenters. The standard InChI is InChI=1S/C11H9ClFN3O/c1-6-10(14)15-5-16-11(6)17-7-2-3-9(13)8(12)4-7/h2-5H,1H3,(H2,14,15,16). The van der Waals surface area contributed by atoms with Crippen LogP contribution in [-0.4, -0.2) is 9.97 Å². The summed E-state index contributed by atoms with van der Waals surface area (Å²) in [6.07, 6.45) is 1.29. The number of halogens is 2. The fraction of sp³-hybridized carbons (Fsp3) is 0.0909. The molecule has 6 heteroatoms. The van der Waals surface area contributed by atoms with Gasteiger partial charge in [-0.15, -0.1) is 0 Å². The largest absolute Gasteiger partial charge is 0.439 e. The van der Waals surface area contributed by atoms with Crippen LogP contribution in [0.25, 0.3) is 0 Å². The lowest BCUT2D eigenvalue weighted by Crippen LogP contribution is -1.99. The lowest BCUT2D eigenvalue weighted by Gasteiger charge is -2.08. The van der Waals surface area contributed by atoms with Gasteiger partial charge in [0.15, 0.2) is 0 Å². The number of nitrogens with zero attached hydrogens (tertiary/aromatic N) is 2. The first-order chi connectivity index (χ1) is 8.08. The van der Waals surface area contributed by atoms with Crippen molar-refractivity contribution >= 4 is 17.4 Å². The quantitative estimate of drug-likeness (QED) is 0.894.